The molecule has 0 aliphatic rings. The molecule has 0 heterocycles. The van der Waals surface area contributed by atoms with Crippen molar-refractivity contribution in [2.24, 2.45) is 0 Å². The van der Waals surface area contributed by atoms with Crippen LogP contribution in [0.4, 0.5) is 0 Å². The predicted molar refractivity (Wildman–Crippen MR) is 64.1 cm³/mol. The number of hydrogen-bond donors (Lipinski definition) is 0. The molecule has 1 unspecified atom stereocenters. The number of nitrogens with zero attached hydrogens (tertiary/aromatic N) is 1. The van der Waals surface area contributed by atoms with Gasteiger partial charge in [-0.1, -0.05) is 40.5 Å². The number of hydrogen-bond acceptors (Lipinski definition) is 2. The molecule has 0 aliphatic carbocycles. The molecule has 1 aromatic rings. The minimum Gasteiger partial charge on any atom is -0.475 e. The van der Waals surface area contributed by atoms with Crippen molar-refractivity contribution in [2.75, 3.05) is 0 Å². The molecule has 15 heavy (non-hydrogen) atoms. The zero-order valence-electron chi connectivity index (χ0n) is 8.96. The maximum absolute atomic E-state index is 8.82. The van der Waals surface area contributed by atoms with E-state index >= 15 is 0 Å². The molecule has 0 aliphatic heterocycles. The second-order valence-electron chi connectivity index (χ2n) is 3.39. The number of benzene rings is 1. The minimum absolute atomic E-state index is 0.356. The Labute approximate surface area is 99.0 Å². The molecule has 1 rings (SSSR count). The van der Waals surface area contributed by atoms with Crippen LogP contribution in [0.5, 0.6) is 5.75 Å². The molecular formula is C12H14BrNO. The van der Waals surface area contributed by atoms with Crippen LogP contribution in [0, 0.1) is 18.3 Å². The van der Waals surface area contributed by atoms with Gasteiger partial charge in [0.2, 0.25) is 0 Å². The largest absolute Gasteiger partial charge is 0.475 e. The lowest BCUT2D eigenvalue weighted by Gasteiger charge is -2.13. The molecule has 0 bridgehead atoms. The standard InChI is InChI=1S/C12H14BrNO/c1-3-11(8-14)15-12-5-4-9(2)6-10(12)7-13/h4-6,11H,3,7H2,1-2H3. The van der Waals surface area contributed by atoms with Gasteiger partial charge >= 0.3 is 0 Å². The lowest BCUT2D eigenvalue weighted by molar-refractivity contribution is 0.250. The van der Waals surface area contributed by atoms with E-state index in [0.29, 0.717) is 6.42 Å². The second-order valence-corrected chi connectivity index (χ2v) is 3.95. The van der Waals surface area contributed by atoms with Gasteiger partial charge in [0.1, 0.15) is 11.8 Å². The fourth-order valence-corrected chi connectivity index (χ4v) is 1.72. The van der Waals surface area contributed by atoms with E-state index in [-0.39, 0.29) is 6.10 Å². The first-order chi connectivity index (χ1) is 7.21. The highest BCUT2D eigenvalue weighted by molar-refractivity contribution is 9.08. The summed E-state index contributed by atoms with van der Waals surface area (Å²) in [5.41, 5.74) is 2.28. The van der Waals surface area contributed by atoms with Crippen LogP contribution in [0.2, 0.25) is 0 Å². The van der Waals surface area contributed by atoms with Crippen molar-refractivity contribution >= 4 is 15.9 Å². The molecule has 80 valence electrons. The van der Waals surface area contributed by atoms with Crippen molar-refractivity contribution in [2.45, 2.75) is 31.7 Å². The van der Waals surface area contributed by atoms with Gasteiger partial charge in [0.05, 0.1) is 0 Å². The lowest BCUT2D eigenvalue weighted by atomic mass is 10.1. The van der Waals surface area contributed by atoms with Crippen LogP contribution in [-0.4, -0.2) is 6.10 Å². The van der Waals surface area contributed by atoms with Gasteiger partial charge in [-0.3, -0.25) is 0 Å². The number of nitriles is 1. The van der Waals surface area contributed by atoms with Gasteiger partial charge in [-0.2, -0.15) is 5.26 Å². The predicted octanol–water partition coefficient (Wildman–Crippen LogP) is 3.57. The first-order valence-electron chi connectivity index (χ1n) is 4.93. The molecule has 2 nitrogen and oxygen atoms in total. The van der Waals surface area contributed by atoms with Crippen LogP contribution < -0.4 is 4.74 Å². The highest BCUT2D eigenvalue weighted by Gasteiger charge is 2.09. The lowest BCUT2D eigenvalue weighted by Crippen LogP contribution is -2.13. The Morgan fingerprint density at radius 3 is 2.80 bits per heavy atom. The van der Waals surface area contributed by atoms with Crippen LogP contribution in [-0.2, 0) is 5.33 Å². The number of rotatable bonds is 4. The molecule has 0 saturated heterocycles. The SMILES string of the molecule is CCC(C#N)Oc1ccc(C)cc1CBr. The molecular weight excluding hydrogens is 254 g/mol. The Kier molecular flexibility index (Phi) is 4.64. The van der Waals surface area contributed by atoms with Crippen LogP contribution in [0.15, 0.2) is 18.2 Å². The summed E-state index contributed by atoms with van der Waals surface area (Å²) in [4.78, 5) is 0. The van der Waals surface area contributed by atoms with E-state index in [0.717, 1.165) is 16.6 Å². The zero-order chi connectivity index (χ0) is 11.3. The summed E-state index contributed by atoms with van der Waals surface area (Å²) in [6.45, 7) is 3.98. The molecule has 0 saturated carbocycles. The third kappa shape index (κ3) is 3.24. The maximum atomic E-state index is 8.82. The molecule has 0 fully saturated rings. The first kappa shape index (κ1) is 12.1. The Hall–Kier alpha value is -1.01. The quantitative estimate of drug-likeness (QED) is 0.782. The molecule has 1 atom stereocenters. The number of aryl methyl sites for hydroxylation is 1. The Balaban J connectivity index is 2.89. The number of ether oxygens (including phenoxy) is 1. The van der Waals surface area contributed by atoms with E-state index in [1.165, 1.54) is 5.56 Å². The van der Waals surface area contributed by atoms with Crippen LogP contribution >= 0.6 is 15.9 Å². The van der Waals surface area contributed by atoms with Crippen molar-refractivity contribution in [3.8, 4) is 11.8 Å². The van der Waals surface area contributed by atoms with E-state index < -0.39 is 0 Å². The molecule has 0 aromatic heterocycles. The summed E-state index contributed by atoms with van der Waals surface area (Å²) in [5, 5.41) is 9.56. The Bertz CT molecular complexity index is 370. The molecule has 0 radical (unpaired) electrons. The third-order valence-corrected chi connectivity index (χ3v) is 2.75. The van der Waals surface area contributed by atoms with E-state index in [4.69, 9.17) is 10.00 Å². The number of halogens is 1. The van der Waals surface area contributed by atoms with Crippen LogP contribution in [0.25, 0.3) is 0 Å². The topological polar surface area (TPSA) is 33.0 Å². The second kappa shape index (κ2) is 5.77. The summed E-state index contributed by atoms with van der Waals surface area (Å²) in [7, 11) is 0. The van der Waals surface area contributed by atoms with Crippen molar-refractivity contribution in [3.05, 3.63) is 29.3 Å². The van der Waals surface area contributed by atoms with Crippen molar-refractivity contribution in [1.82, 2.24) is 0 Å². The summed E-state index contributed by atoms with van der Waals surface area (Å²) >= 11 is 3.41. The summed E-state index contributed by atoms with van der Waals surface area (Å²) in [6, 6.07) is 8.11. The van der Waals surface area contributed by atoms with Crippen molar-refractivity contribution < 1.29 is 4.74 Å². The molecule has 1 aromatic carbocycles. The van der Waals surface area contributed by atoms with Crippen LogP contribution in [0.3, 0.4) is 0 Å². The highest BCUT2D eigenvalue weighted by Crippen LogP contribution is 2.23. The maximum Gasteiger partial charge on any atom is 0.184 e. The molecule has 3 heteroatoms. The highest BCUT2D eigenvalue weighted by atomic mass is 79.9. The van der Waals surface area contributed by atoms with Gasteiger partial charge in [0, 0.05) is 10.9 Å². The van der Waals surface area contributed by atoms with Gasteiger partial charge in [0.25, 0.3) is 0 Å². The van der Waals surface area contributed by atoms with E-state index in [9.17, 15) is 0 Å². The normalized spacial score (nSPS) is 11.9. The monoisotopic (exact) mass is 267 g/mol. The van der Waals surface area contributed by atoms with E-state index in [2.05, 4.69) is 28.1 Å². The molecule has 0 N–H and O–H groups in total. The van der Waals surface area contributed by atoms with Crippen molar-refractivity contribution in [3.63, 3.8) is 0 Å². The fraction of sp³-hybridized carbons (Fsp3) is 0.417. The Morgan fingerprint density at radius 2 is 2.27 bits per heavy atom. The van der Waals surface area contributed by atoms with Gasteiger partial charge in [-0.25, -0.2) is 0 Å². The van der Waals surface area contributed by atoms with E-state index in [1.807, 2.05) is 26.0 Å². The van der Waals surface area contributed by atoms with Gasteiger partial charge in [0.15, 0.2) is 6.10 Å². The zero-order valence-corrected chi connectivity index (χ0v) is 10.5. The third-order valence-electron chi connectivity index (χ3n) is 2.14. The molecule has 0 spiro atoms. The summed E-state index contributed by atoms with van der Waals surface area (Å²) in [5.74, 6) is 0.797. The van der Waals surface area contributed by atoms with Crippen LogP contribution in [0.1, 0.15) is 24.5 Å². The first-order valence-corrected chi connectivity index (χ1v) is 6.05. The number of alkyl halides is 1. The van der Waals surface area contributed by atoms with E-state index in [1.54, 1.807) is 0 Å². The Morgan fingerprint density at radius 1 is 1.53 bits per heavy atom. The van der Waals surface area contributed by atoms with Gasteiger partial charge in [-0.05, 0) is 19.4 Å². The average Bonchev–Trinajstić information content (AvgIpc) is 2.27. The smallest absolute Gasteiger partial charge is 0.184 e. The molecule has 0 amide bonds. The fourth-order valence-electron chi connectivity index (χ4n) is 1.28. The minimum atomic E-state index is -0.356. The summed E-state index contributed by atoms with van der Waals surface area (Å²) < 4.78 is 5.60. The van der Waals surface area contributed by atoms with Crippen molar-refractivity contribution in [1.29, 1.82) is 5.26 Å². The summed E-state index contributed by atoms with van der Waals surface area (Å²) in [6.07, 6.45) is 0.344. The van der Waals surface area contributed by atoms with Gasteiger partial charge < -0.3 is 4.74 Å². The van der Waals surface area contributed by atoms with Gasteiger partial charge in [-0.15, -0.1) is 0 Å². The average molecular weight is 268 g/mol.